The normalized spacial score (nSPS) is 18.7. The smallest absolute Gasteiger partial charge is 0.318 e. The van der Waals surface area contributed by atoms with Gasteiger partial charge in [0.25, 0.3) is 0 Å². The molecule has 0 aliphatic carbocycles. The van der Waals surface area contributed by atoms with Crippen LogP contribution < -0.4 is 10.1 Å². The molecule has 6 nitrogen and oxygen atoms in total. The molecule has 1 saturated heterocycles. The van der Waals surface area contributed by atoms with E-state index in [-0.39, 0.29) is 18.1 Å². The molecule has 1 N–H and O–H groups in total. The van der Waals surface area contributed by atoms with Gasteiger partial charge in [-0.3, -0.25) is 0 Å². The van der Waals surface area contributed by atoms with Crippen molar-refractivity contribution in [3.8, 4) is 5.75 Å². The Hall–Kier alpha value is -2.50. The maximum Gasteiger partial charge on any atom is 0.318 e. The summed E-state index contributed by atoms with van der Waals surface area (Å²) in [5.41, 5.74) is 0.951. The quantitative estimate of drug-likeness (QED) is 0.929. The monoisotopic (exact) mass is 342 g/mol. The van der Waals surface area contributed by atoms with Gasteiger partial charge >= 0.3 is 6.03 Å². The van der Waals surface area contributed by atoms with Gasteiger partial charge in [0.1, 0.15) is 17.6 Å². The lowest BCUT2D eigenvalue weighted by Crippen LogP contribution is -2.48. The summed E-state index contributed by atoms with van der Waals surface area (Å²) in [6.45, 7) is 2.92. The summed E-state index contributed by atoms with van der Waals surface area (Å²) in [4.78, 5) is 19.3. The summed E-state index contributed by atoms with van der Waals surface area (Å²) in [6.07, 6.45) is 6.93. The molecule has 0 unspecified atom stereocenters. The lowest BCUT2D eigenvalue weighted by Gasteiger charge is -2.34. The van der Waals surface area contributed by atoms with Crippen molar-refractivity contribution in [3.05, 3.63) is 48.0 Å². The van der Waals surface area contributed by atoms with Crippen LogP contribution in [0.1, 0.15) is 43.6 Å². The summed E-state index contributed by atoms with van der Waals surface area (Å²) < 4.78 is 7.28. The van der Waals surface area contributed by atoms with Crippen LogP contribution in [0.5, 0.6) is 5.75 Å². The van der Waals surface area contributed by atoms with Crippen LogP contribution in [0.25, 0.3) is 0 Å². The topological polar surface area (TPSA) is 59.4 Å². The Balaban J connectivity index is 1.89. The average Bonchev–Trinajstić information content (AvgIpc) is 3.05. The SMILES string of the molecule is COc1cccc([C@@H](NC(=O)N2CCCC[C@H]2C)c2nccn2C)c1. The highest BCUT2D eigenvalue weighted by molar-refractivity contribution is 5.75. The number of carbonyl (C=O) groups excluding carboxylic acids is 1. The van der Waals surface area contributed by atoms with Gasteiger partial charge in [0.2, 0.25) is 0 Å². The Labute approximate surface area is 148 Å². The number of methoxy groups -OCH3 is 1. The molecule has 25 heavy (non-hydrogen) atoms. The van der Waals surface area contributed by atoms with E-state index in [0.717, 1.165) is 36.5 Å². The molecule has 2 atom stereocenters. The second kappa shape index (κ2) is 7.59. The number of amides is 2. The van der Waals surface area contributed by atoms with Crippen LogP contribution >= 0.6 is 0 Å². The maximum absolute atomic E-state index is 12.9. The molecule has 0 bridgehead atoms. The van der Waals surface area contributed by atoms with E-state index in [0.29, 0.717) is 0 Å². The number of nitrogens with one attached hydrogen (secondary N) is 1. The first-order chi connectivity index (χ1) is 12.1. The number of hydrogen-bond acceptors (Lipinski definition) is 3. The number of ether oxygens (including phenoxy) is 1. The van der Waals surface area contributed by atoms with Gasteiger partial charge in [-0.15, -0.1) is 0 Å². The number of carbonyl (C=O) groups is 1. The number of piperidine rings is 1. The molecule has 6 heteroatoms. The fourth-order valence-corrected chi connectivity index (χ4v) is 3.38. The van der Waals surface area contributed by atoms with Gasteiger partial charge in [0.05, 0.1) is 7.11 Å². The summed E-state index contributed by atoms with van der Waals surface area (Å²) >= 11 is 0. The van der Waals surface area contributed by atoms with Crippen LogP contribution in [0.15, 0.2) is 36.7 Å². The Morgan fingerprint density at radius 1 is 1.40 bits per heavy atom. The van der Waals surface area contributed by atoms with E-state index in [9.17, 15) is 4.79 Å². The molecule has 1 fully saturated rings. The highest BCUT2D eigenvalue weighted by atomic mass is 16.5. The minimum absolute atomic E-state index is 0.0389. The lowest BCUT2D eigenvalue weighted by molar-refractivity contribution is 0.155. The largest absolute Gasteiger partial charge is 0.497 e. The van der Waals surface area contributed by atoms with Crippen LogP contribution in [-0.4, -0.2) is 40.2 Å². The summed E-state index contributed by atoms with van der Waals surface area (Å²) in [6, 6.07) is 7.66. The molecule has 0 spiro atoms. The molecular formula is C19H26N4O2. The van der Waals surface area contributed by atoms with Crippen molar-refractivity contribution in [2.45, 2.75) is 38.3 Å². The molecular weight excluding hydrogens is 316 g/mol. The third-order valence-electron chi connectivity index (χ3n) is 4.88. The Kier molecular flexibility index (Phi) is 5.26. The number of urea groups is 1. The average molecular weight is 342 g/mol. The minimum atomic E-state index is -0.322. The Bertz CT molecular complexity index is 728. The Morgan fingerprint density at radius 3 is 2.92 bits per heavy atom. The molecule has 1 aliphatic heterocycles. The molecule has 0 saturated carbocycles. The minimum Gasteiger partial charge on any atom is -0.497 e. The molecule has 3 rings (SSSR count). The fourth-order valence-electron chi connectivity index (χ4n) is 3.38. The second-order valence-electron chi connectivity index (χ2n) is 6.59. The van der Waals surface area contributed by atoms with Crippen LogP contribution in [0, 0.1) is 0 Å². The van der Waals surface area contributed by atoms with Gasteiger partial charge in [-0.05, 0) is 43.9 Å². The van der Waals surface area contributed by atoms with Gasteiger partial charge < -0.3 is 19.5 Å². The molecule has 2 amide bonds. The lowest BCUT2D eigenvalue weighted by atomic mass is 10.0. The first-order valence-corrected chi connectivity index (χ1v) is 8.78. The third kappa shape index (κ3) is 3.78. The molecule has 1 aromatic carbocycles. The van der Waals surface area contributed by atoms with Gasteiger partial charge in [-0.25, -0.2) is 9.78 Å². The number of hydrogen-bond donors (Lipinski definition) is 1. The van der Waals surface area contributed by atoms with Gasteiger partial charge in [-0.1, -0.05) is 12.1 Å². The number of aryl methyl sites for hydroxylation is 1. The molecule has 1 aromatic heterocycles. The van der Waals surface area contributed by atoms with E-state index < -0.39 is 0 Å². The number of imidazole rings is 1. The first-order valence-electron chi connectivity index (χ1n) is 8.78. The predicted molar refractivity (Wildman–Crippen MR) is 96.6 cm³/mol. The van der Waals surface area contributed by atoms with Crippen LogP contribution in [0.3, 0.4) is 0 Å². The molecule has 0 radical (unpaired) electrons. The maximum atomic E-state index is 12.9. The summed E-state index contributed by atoms with van der Waals surface area (Å²) in [7, 11) is 3.58. The Morgan fingerprint density at radius 2 is 2.24 bits per heavy atom. The molecule has 134 valence electrons. The van der Waals surface area contributed by atoms with Crippen molar-refractivity contribution in [1.82, 2.24) is 19.8 Å². The number of rotatable bonds is 4. The van der Waals surface area contributed by atoms with E-state index >= 15 is 0 Å². The van der Waals surface area contributed by atoms with Crippen LogP contribution in [-0.2, 0) is 7.05 Å². The van der Waals surface area contributed by atoms with Crippen molar-refractivity contribution in [3.63, 3.8) is 0 Å². The van der Waals surface area contributed by atoms with E-state index in [1.165, 1.54) is 6.42 Å². The second-order valence-corrected chi connectivity index (χ2v) is 6.59. The van der Waals surface area contributed by atoms with E-state index in [2.05, 4.69) is 17.2 Å². The van der Waals surface area contributed by atoms with Gasteiger partial charge in [0, 0.05) is 32.0 Å². The van der Waals surface area contributed by atoms with Crippen molar-refractivity contribution in [2.75, 3.05) is 13.7 Å². The van der Waals surface area contributed by atoms with Crippen molar-refractivity contribution < 1.29 is 9.53 Å². The molecule has 2 heterocycles. The predicted octanol–water partition coefficient (Wildman–Crippen LogP) is 3.10. The number of aromatic nitrogens is 2. The highest BCUT2D eigenvalue weighted by Crippen LogP contribution is 2.25. The summed E-state index contributed by atoms with van der Waals surface area (Å²) in [5, 5.41) is 3.18. The van der Waals surface area contributed by atoms with Crippen LogP contribution in [0.4, 0.5) is 4.79 Å². The van der Waals surface area contributed by atoms with Crippen molar-refractivity contribution in [1.29, 1.82) is 0 Å². The molecule has 2 aromatic rings. The summed E-state index contributed by atoms with van der Waals surface area (Å²) in [5.74, 6) is 1.56. The molecule has 1 aliphatic rings. The van der Waals surface area contributed by atoms with E-state index in [4.69, 9.17) is 4.74 Å². The number of nitrogens with zero attached hydrogens (tertiary/aromatic N) is 3. The van der Waals surface area contributed by atoms with E-state index in [1.54, 1.807) is 13.3 Å². The zero-order valence-corrected chi connectivity index (χ0v) is 15.1. The van der Waals surface area contributed by atoms with E-state index in [1.807, 2.05) is 47.0 Å². The van der Waals surface area contributed by atoms with Crippen LogP contribution in [0.2, 0.25) is 0 Å². The highest BCUT2D eigenvalue weighted by Gasteiger charge is 2.27. The standard InChI is InChI=1S/C19H26N4O2/c1-14-7-4-5-11-23(14)19(24)21-17(18-20-10-12-22(18)2)15-8-6-9-16(13-15)25-3/h6,8-10,12-14,17H,4-5,7,11H2,1-3H3,(H,21,24)/t14-,17-/m1/s1. The van der Waals surface area contributed by atoms with Gasteiger partial charge in [0.15, 0.2) is 0 Å². The van der Waals surface area contributed by atoms with Crippen molar-refractivity contribution in [2.24, 2.45) is 7.05 Å². The number of likely N-dealkylation sites (tertiary alicyclic amines) is 1. The number of benzene rings is 1. The fraction of sp³-hybridized carbons (Fsp3) is 0.474. The third-order valence-corrected chi connectivity index (χ3v) is 4.88. The van der Waals surface area contributed by atoms with Crippen molar-refractivity contribution >= 4 is 6.03 Å². The first kappa shape index (κ1) is 17.3. The van der Waals surface area contributed by atoms with Gasteiger partial charge in [-0.2, -0.15) is 0 Å². The zero-order valence-electron chi connectivity index (χ0n) is 15.1. The zero-order chi connectivity index (χ0) is 17.8.